The molecule has 2 bridgehead atoms. The normalized spacial score (nSPS) is 22.8. The van der Waals surface area contributed by atoms with E-state index in [2.05, 4.69) is 32.7 Å². The van der Waals surface area contributed by atoms with Crippen LogP contribution in [0.2, 0.25) is 0 Å². The highest BCUT2D eigenvalue weighted by atomic mass is 19.1. The molecular weight excluding hydrogens is 736 g/mol. The lowest BCUT2D eigenvalue weighted by atomic mass is 9.95. The lowest BCUT2D eigenvalue weighted by Gasteiger charge is -2.42. The summed E-state index contributed by atoms with van der Waals surface area (Å²) in [5.74, 6) is 0.432. The van der Waals surface area contributed by atoms with Crippen molar-refractivity contribution in [1.82, 2.24) is 24.8 Å². The smallest absolute Gasteiger partial charge is 0.319 e. The van der Waals surface area contributed by atoms with E-state index in [1.54, 1.807) is 24.3 Å². The van der Waals surface area contributed by atoms with Gasteiger partial charge in [0.15, 0.2) is 5.82 Å². The summed E-state index contributed by atoms with van der Waals surface area (Å²) in [5.41, 5.74) is 0.0416. The zero-order valence-electron chi connectivity index (χ0n) is 30.9. The van der Waals surface area contributed by atoms with Crippen LogP contribution >= 0.6 is 0 Å². The minimum absolute atomic E-state index is 0.0817. The SMILES string of the molecule is C#Cc1c(F)ccc2cc(O)cc(-c3ncc4c(N5CC6CCC(C5)N6C(=O)c5cccc(NC(=O)C=C)c5)nc(OCC56CCCN5CC(F)C6)nc4c3F)c12. The van der Waals surface area contributed by atoms with Crippen LogP contribution in [0.25, 0.3) is 32.9 Å². The van der Waals surface area contributed by atoms with Gasteiger partial charge in [0.25, 0.3) is 5.91 Å². The average molecular weight is 774 g/mol. The van der Waals surface area contributed by atoms with Gasteiger partial charge in [0.2, 0.25) is 5.91 Å². The Labute approximate surface area is 326 Å². The molecule has 2 aromatic heterocycles. The molecule has 2 N–H and O–H groups in total. The highest BCUT2D eigenvalue weighted by Gasteiger charge is 2.50. The molecule has 11 nitrogen and oxygen atoms in total. The first-order chi connectivity index (χ1) is 27.6. The largest absolute Gasteiger partial charge is 0.508 e. The van der Waals surface area contributed by atoms with Crippen LogP contribution in [0, 0.1) is 24.0 Å². The molecule has 4 aliphatic heterocycles. The van der Waals surface area contributed by atoms with Gasteiger partial charge in [0, 0.05) is 54.5 Å². The van der Waals surface area contributed by atoms with Gasteiger partial charge in [-0.05, 0) is 80.1 Å². The number of halogens is 3. The van der Waals surface area contributed by atoms with Crippen LogP contribution in [0.5, 0.6) is 11.8 Å². The first-order valence-corrected chi connectivity index (χ1v) is 19.0. The van der Waals surface area contributed by atoms with Crippen LogP contribution in [0.3, 0.4) is 0 Å². The number of benzene rings is 3. The molecule has 0 aliphatic carbocycles. The molecule has 0 saturated carbocycles. The van der Waals surface area contributed by atoms with E-state index in [4.69, 9.17) is 16.1 Å². The van der Waals surface area contributed by atoms with Gasteiger partial charge in [0.1, 0.15) is 41.4 Å². The van der Waals surface area contributed by atoms with Crippen molar-refractivity contribution in [2.75, 3.05) is 43.0 Å². The molecule has 0 radical (unpaired) electrons. The number of pyridine rings is 1. The van der Waals surface area contributed by atoms with Crippen molar-refractivity contribution >= 4 is 45.0 Å². The molecular formula is C43H38F3N7O4. The number of carbonyl (C=O) groups is 2. The summed E-state index contributed by atoms with van der Waals surface area (Å²) < 4.78 is 53.1. The average Bonchev–Trinajstić information content (AvgIpc) is 3.82. The third kappa shape index (κ3) is 6.26. The van der Waals surface area contributed by atoms with E-state index in [1.165, 1.54) is 30.5 Å². The van der Waals surface area contributed by atoms with E-state index in [9.17, 15) is 23.5 Å². The van der Waals surface area contributed by atoms with Gasteiger partial charge in [-0.25, -0.2) is 13.2 Å². The maximum atomic E-state index is 17.1. The molecule has 0 spiro atoms. The van der Waals surface area contributed by atoms with Crippen molar-refractivity contribution in [2.24, 2.45) is 0 Å². The summed E-state index contributed by atoms with van der Waals surface area (Å²) in [6, 6.07) is 11.6. The molecule has 14 heteroatoms. The van der Waals surface area contributed by atoms with Gasteiger partial charge < -0.3 is 25.0 Å². The number of piperazine rings is 1. The molecule has 3 aromatic carbocycles. The lowest BCUT2D eigenvalue weighted by Crippen LogP contribution is -2.56. The molecule has 5 aromatic rings. The number of ether oxygens (including phenoxy) is 1. The number of terminal acetylenes is 1. The molecule has 290 valence electrons. The second kappa shape index (κ2) is 14.1. The third-order valence-corrected chi connectivity index (χ3v) is 11.9. The summed E-state index contributed by atoms with van der Waals surface area (Å²) in [5, 5.41) is 14.2. The van der Waals surface area contributed by atoms with Gasteiger partial charge in [-0.15, -0.1) is 6.42 Å². The van der Waals surface area contributed by atoms with E-state index in [0.717, 1.165) is 38.3 Å². The number of rotatable bonds is 8. The van der Waals surface area contributed by atoms with Crippen LogP contribution < -0.4 is 15.0 Å². The third-order valence-electron chi connectivity index (χ3n) is 11.9. The predicted octanol–water partition coefficient (Wildman–Crippen LogP) is 6.38. The Morgan fingerprint density at radius 1 is 1.11 bits per heavy atom. The minimum Gasteiger partial charge on any atom is -0.508 e. The Morgan fingerprint density at radius 2 is 1.91 bits per heavy atom. The number of fused-ring (bicyclic) bond motifs is 5. The van der Waals surface area contributed by atoms with Crippen molar-refractivity contribution in [3.05, 3.63) is 90.1 Å². The second-order valence-electron chi connectivity index (χ2n) is 15.3. The molecule has 4 unspecified atom stereocenters. The fourth-order valence-electron chi connectivity index (χ4n) is 9.40. The number of nitrogens with zero attached hydrogens (tertiary/aromatic N) is 6. The van der Waals surface area contributed by atoms with E-state index < -0.39 is 23.3 Å². The van der Waals surface area contributed by atoms with Crippen LogP contribution in [0.4, 0.5) is 24.7 Å². The molecule has 2 amide bonds. The van der Waals surface area contributed by atoms with Crippen molar-refractivity contribution in [3.8, 4) is 35.4 Å². The van der Waals surface area contributed by atoms with Crippen molar-refractivity contribution in [3.63, 3.8) is 0 Å². The van der Waals surface area contributed by atoms with Gasteiger partial charge >= 0.3 is 6.01 Å². The quantitative estimate of drug-likeness (QED) is 0.137. The number of anilines is 2. The zero-order valence-corrected chi connectivity index (χ0v) is 30.9. The lowest BCUT2D eigenvalue weighted by molar-refractivity contribution is -0.111. The summed E-state index contributed by atoms with van der Waals surface area (Å²) in [6.45, 7) is 5.42. The van der Waals surface area contributed by atoms with E-state index in [0.29, 0.717) is 48.5 Å². The zero-order chi connectivity index (χ0) is 39.6. The molecule has 6 heterocycles. The molecule has 4 atom stereocenters. The standard InChI is InChI=1S/C43H38F3N7O4/c1-3-31-34(45)12-9-24-16-30(54)17-32(36(24)31)38-37(46)39-33(19-47-38)40(50-42(49-39)57-23-43-13-6-14-52(43)20-26(44)18-43)51-21-28-10-11-29(22-51)53(28)41(56)25-7-5-8-27(15-25)48-35(55)4-2/h1,4-5,7-9,12,15-17,19,26,28-29,54H,2,6,10-11,13-14,18,20-23H2,(H,48,55). The van der Waals surface area contributed by atoms with Crippen LogP contribution in [0.1, 0.15) is 48.0 Å². The van der Waals surface area contributed by atoms with E-state index in [1.807, 2.05) is 9.80 Å². The maximum Gasteiger partial charge on any atom is 0.319 e. The van der Waals surface area contributed by atoms with Crippen LogP contribution in [-0.2, 0) is 4.79 Å². The first-order valence-electron chi connectivity index (χ1n) is 19.0. The number of phenolic OH excluding ortho intramolecular Hbond substituents is 1. The Hall–Kier alpha value is -6.20. The molecule has 57 heavy (non-hydrogen) atoms. The van der Waals surface area contributed by atoms with Crippen LogP contribution in [-0.4, -0.2) is 98.3 Å². The number of hydrogen-bond acceptors (Lipinski definition) is 9. The Kier molecular flexibility index (Phi) is 9.00. The monoisotopic (exact) mass is 773 g/mol. The van der Waals surface area contributed by atoms with Crippen molar-refractivity contribution < 1.29 is 32.6 Å². The second-order valence-corrected chi connectivity index (χ2v) is 15.3. The summed E-state index contributed by atoms with van der Waals surface area (Å²) in [6.07, 6.45) is 10.8. The number of phenols is 1. The van der Waals surface area contributed by atoms with E-state index in [-0.39, 0.29) is 75.4 Å². The number of alkyl halides is 1. The van der Waals surface area contributed by atoms with Gasteiger partial charge in [0.05, 0.1) is 28.6 Å². The number of aromatic nitrogens is 3. The predicted molar refractivity (Wildman–Crippen MR) is 209 cm³/mol. The Morgan fingerprint density at radius 3 is 2.68 bits per heavy atom. The fourth-order valence-corrected chi connectivity index (χ4v) is 9.40. The Balaban J connectivity index is 1.11. The number of hydrogen-bond donors (Lipinski definition) is 2. The molecule has 4 aliphatic rings. The molecule has 9 rings (SSSR count). The van der Waals surface area contributed by atoms with Crippen molar-refractivity contribution in [2.45, 2.75) is 55.9 Å². The molecule has 4 fully saturated rings. The number of nitrogens with one attached hydrogen (secondary N) is 1. The summed E-state index contributed by atoms with van der Waals surface area (Å²) in [7, 11) is 0. The van der Waals surface area contributed by atoms with Crippen molar-refractivity contribution in [1.29, 1.82) is 0 Å². The van der Waals surface area contributed by atoms with Gasteiger partial charge in [-0.2, -0.15) is 9.97 Å². The maximum absolute atomic E-state index is 17.1. The van der Waals surface area contributed by atoms with Crippen LogP contribution in [0.15, 0.2) is 67.4 Å². The highest BCUT2D eigenvalue weighted by Crippen LogP contribution is 2.43. The van der Waals surface area contributed by atoms with E-state index >= 15 is 4.39 Å². The highest BCUT2D eigenvalue weighted by molar-refractivity contribution is 6.03. The Bertz CT molecular complexity index is 2530. The fraction of sp³-hybridized carbons (Fsp3) is 0.326. The first kappa shape index (κ1) is 36.4. The number of carbonyl (C=O) groups excluding carboxylic acids is 2. The minimum atomic E-state index is -0.981. The summed E-state index contributed by atoms with van der Waals surface area (Å²) in [4.78, 5) is 45.8. The molecule has 4 saturated heterocycles. The summed E-state index contributed by atoms with van der Waals surface area (Å²) >= 11 is 0. The van der Waals surface area contributed by atoms with Gasteiger partial charge in [-0.3, -0.25) is 19.5 Å². The van der Waals surface area contributed by atoms with Gasteiger partial charge in [-0.1, -0.05) is 24.6 Å². The number of aromatic hydroxyl groups is 1. The number of amides is 2. The topological polar surface area (TPSA) is 124 Å².